The summed E-state index contributed by atoms with van der Waals surface area (Å²) >= 11 is 1.17. The Labute approximate surface area is 308 Å². The van der Waals surface area contributed by atoms with Crippen molar-refractivity contribution in [2.45, 2.75) is 110 Å². The van der Waals surface area contributed by atoms with E-state index in [0.717, 1.165) is 37.8 Å². The standard InChI is InChI=1S/C39H60N4O7S/c1-8-26(4)30(22-34(44)32-16-12-13-17-42(32)6)38(47)43(18-19-50-7)33(25(2)3)23-35(45)37-41-31(24-51-37)36(46)40-29(20-27(5)39(48)49)21-28-14-10-9-11-15-28/h9-11,14-15,24-27,29-30,32-33,35,45H,8,12-13,16-23H2,1-7H3,(H,40,46)(H,48,49)/t26?,27-,29+,30?,32?,33+,35+/m0/s1. The van der Waals surface area contributed by atoms with Crippen molar-refractivity contribution in [1.82, 2.24) is 20.1 Å². The van der Waals surface area contributed by atoms with Gasteiger partial charge in [-0.1, -0.05) is 77.8 Å². The highest BCUT2D eigenvalue weighted by Crippen LogP contribution is 2.31. The van der Waals surface area contributed by atoms with Crippen molar-refractivity contribution < 1.29 is 34.1 Å². The van der Waals surface area contributed by atoms with E-state index in [-0.39, 0.29) is 60.6 Å². The number of Topliss-reactive ketones (excluding diaryl/α,β-unsaturated/α-hetero) is 1. The van der Waals surface area contributed by atoms with Crippen molar-refractivity contribution in [3.8, 4) is 0 Å². The van der Waals surface area contributed by atoms with Crippen molar-refractivity contribution in [2.75, 3.05) is 33.9 Å². The molecule has 0 bridgehead atoms. The minimum Gasteiger partial charge on any atom is -0.481 e. The van der Waals surface area contributed by atoms with E-state index in [0.29, 0.717) is 24.6 Å². The minimum atomic E-state index is -1.05. The number of carboxylic acid groups (broad SMARTS) is 1. The van der Waals surface area contributed by atoms with Gasteiger partial charge < -0.3 is 25.2 Å². The summed E-state index contributed by atoms with van der Waals surface area (Å²) in [5, 5.41) is 25.9. The monoisotopic (exact) mass is 728 g/mol. The summed E-state index contributed by atoms with van der Waals surface area (Å²) in [6.07, 6.45) is 3.69. The van der Waals surface area contributed by atoms with Crippen LogP contribution >= 0.6 is 11.3 Å². The van der Waals surface area contributed by atoms with Crippen molar-refractivity contribution >= 4 is 34.9 Å². The molecule has 1 aromatic heterocycles. The number of aliphatic hydroxyl groups is 1. The van der Waals surface area contributed by atoms with E-state index in [1.54, 1.807) is 24.3 Å². The summed E-state index contributed by atoms with van der Waals surface area (Å²) in [6, 6.07) is 8.59. The van der Waals surface area contributed by atoms with Gasteiger partial charge in [0.25, 0.3) is 5.91 Å². The fraction of sp³-hybridized carbons (Fsp3) is 0.667. The maximum Gasteiger partial charge on any atom is 0.306 e. The first kappa shape index (κ1) is 42.2. The lowest BCUT2D eigenvalue weighted by Gasteiger charge is -2.39. The number of likely N-dealkylation sites (N-methyl/N-ethyl adjacent to an activating group) is 1. The van der Waals surface area contributed by atoms with E-state index in [2.05, 4.69) is 15.2 Å². The molecule has 7 atom stereocenters. The second-order valence-corrected chi connectivity index (χ2v) is 15.5. The van der Waals surface area contributed by atoms with Gasteiger partial charge in [-0.25, -0.2) is 4.98 Å². The number of hydrogen-bond acceptors (Lipinski definition) is 9. The Balaban J connectivity index is 1.79. The Morgan fingerprint density at radius 2 is 1.80 bits per heavy atom. The molecule has 3 N–H and O–H groups in total. The number of thiazole rings is 1. The number of ether oxygens (including phenoxy) is 1. The van der Waals surface area contributed by atoms with Crippen LogP contribution in [0.2, 0.25) is 0 Å². The molecular weight excluding hydrogens is 669 g/mol. The number of hydrogen-bond donors (Lipinski definition) is 3. The molecule has 2 aromatic rings. The van der Waals surface area contributed by atoms with Crippen LogP contribution in [0, 0.1) is 23.7 Å². The van der Waals surface area contributed by atoms with E-state index in [1.807, 2.05) is 65.1 Å². The third-order valence-corrected chi connectivity index (χ3v) is 11.4. The molecular formula is C39H60N4O7S. The Morgan fingerprint density at radius 3 is 2.41 bits per heavy atom. The molecule has 0 spiro atoms. The molecule has 0 aliphatic carbocycles. The number of benzene rings is 1. The zero-order valence-corrected chi connectivity index (χ0v) is 32.4. The second kappa shape index (κ2) is 20.7. The van der Waals surface area contributed by atoms with Gasteiger partial charge in [-0.3, -0.25) is 24.1 Å². The molecule has 1 saturated heterocycles. The van der Waals surface area contributed by atoms with Crippen molar-refractivity contribution in [3.05, 3.63) is 52.0 Å². The SMILES string of the molecule is CCC(C)C(CC(=O)C1CCCCN1C)C(=O)N(CCOC)[C@H](C[C@@H](O)c1nc(C(=O)N[C@@H](Cc2ccccc2)C[C@H](C)C(=O)O)cs1)C(C)C. The van der Waals surface area contributed by atoms with Crippen molar-refractivity contribution in [2.24, 2.45) is 23.7 Å². The number of nitrogens with one attached hydrogen (secondary N) is 1. The molecule has 1 aliphatic rings. The quantitative estimate of drug-likeness (QED) is 0.149. The first-order chi connectivity index (χ1) is 24.3. The lowest BCUT2D eigenvalue weighted by molar-refractivity contribution is -0.145. The maximum atomic E-state index is 14.5. The predicted octanol–water partition coefficient (Wildman–Crippen LogP) is 5.62. The van der Waals surface area contributed by atoms with E-state index >= 15 is 0 Å². The normalized spacial score (nSPS) is 18.7. The Hall–Kier alpha value is -3.19. The third kappa shape index (κ3) is 12.5. The van der Waals surface area contributed by atoms with Crippen LogP contribution in [0.4, 0.5) is 0 Å². The molecule has 12 heteroatoms. The van der Waals surface area contributed by atoms with Crippen LogP contribution in [0.5, 0.6) is 0 Å². The number of rotatable bonds is 21. The van der Waals surface area contributed by atoms with E-state index in [4.69, 9.17) is 4.74 Å². The van der Waals surface area contributed by atoms with Crippen LogP contribution in [-0.2, 0) is 25.5 Å². The van der Waals surface area contributed by atoms with E-state index in [9.17, 15) is 29.4 Å². The molecule has 1 aliphatic heterocycles. The maximum absolute atomic E-state index is 14.5. The zero-order valence-electron chi connectivity index (χ0n) is 31.5. The summed E-state index contributed by atoms with van der Waals surface area (Å²) in [5.41, 5.74) is 1.12. The highest BCUT2D eigenvalue weighted by Gasteiger charge is 2.38. The average Bonchev–Trinajstić information content (AvgIpc) is 3.61. The molecule has 3 unspecified atom stereocenters. The first-order valence-corrected chi connectivity index (χ1v) is 19.4. The van der Waals surface area contributed by atoms with Crippen LogP contribution in [0.25, 0.3) is 0 Å². The number of carbonyl (C=O) groups is 4. The second-order valence-electron chi connectivity index (χ2n) is 14.6. The smallest absolute Gasteiger partial charge is 0.306 e. The van der Waals surface area contributed by atoms with Gasteiger partial charge in [-0.2, -0.15) is 0 Å². The number of piperidine rings is 1. The summed E-state index contributed by atoms with van der Waals surface area (Å²) in [5.74, 6) is -2.55. The fourth-order valence-corrected chi connectivity index (χ4v) is 7.80. The number of ketones is 1. The number of likely N-dealkylation sites (tertiary alicyclic amines) is 1. The number of amides is 2. The molecule has 2 heterocycles. The number of aromatic nitrogens is 1. The molecule has 0 saturated carbocycles. The van der Waals surface area contributed by atoms with Gasteiger partial charge in [-0.15, -0.1) is 11.3 Å². The van der Waals surface area contributed by atoms with Crippen molar-refractivity contribution in [1.29, 1.82) is 0 Å². The van der Waals surface area contributed by atoms with Gasteiger partial charge in [0.2, 0.25) is 5.91 Å². The van der Waals surface area contributed by atoms with Crippen molar-refractivity contribution in [3.63, 3.8) is 0 Å². The van der Waals surface area contributed by atoms with Gasteiger partial charge in [0.05, 0.1) is 18.6 Å². The summed E-state index contributed by atoms with van der Waals surface area (Å²) in [6.45, 7) is 11.2. The molecule has 2 amide bonds. The Kier molecular flexibility index (Phi) is 17.2. The Morgan fingerprint density at radius 1 is 1.10 bits per heavy atom. The Bertz CT molecular complexity index is 1400. The lowest BCUT2D eigenvalue weighted by Crippen LogP contribution is -2.50. The largest absolute Gasteiger partial charge is 0.481 e. The molecule has 1 aromatic carbocycles. The summed E-state index contributed by atoms with van der Waals surface area (Å²) in [7, 11) is 3.57. The van der Waals surface area contributed by atoms with Crippen LogP contribution < -0.4 is 5.32 Å². The predicted molar refractivity (Wildman–Crippen MR) is 200 cm³/mol. The van der Waals surface area contributed by atoms with E-state index in [1.165, 1.54) is 11.3 Å². The first-order valence-electron chi connectivity index (χ1n) is 18.5. The molecule has 1 fully saturated rings. The van der Waals surface area contributed by atoms with Gasteiger partial charge in [0.1, 0.15) is 16.8 Å². The zero-order chi connectivity index (χ0) is 37.7. The number of methoxy groups -OCH3 is 1. The lowest BCUT2D eigenvalue weighted by atomic mass is 9.82. The van der Waals surface area contributed by atoms with Gasteiger partial charge in [-0.05, 0) is 56.7 Å². The molecule has 51 heavy (non-hydrogen) atoms. The number of carbonyl (C=O) groups excluding carboxylic acids is 3. The van der Waals surface area contributed by atoms with Crippen LogP contribution in [-0.4, -0.2) is 101 Å². The summed E-state index contributed by atoms with van der Waals surface area (Å²) < 4.78 is 5.42. The van der Waals surface area contributed by atoms with E-state index < -0.39 is 35.9 Å². The van der Waals surface area contributed by atoms with Gasteiger partial charge in [0, 0.05) is 49.9 Å². The number of aliphatic carboxylic acids is 1. The fourth-order valence-electron chi connectivity index (χ4n) is 7.01. The van der Waals surface area contributed by atoms with Gasteiger partial charge >= 0.3 is 5.97 Å². The molecule has 284 valence electrons. The van der Waals surface area contributed by atoms with Crippen LogP contribution in [0.15, 0.2) is 35.7 Å². The topological polar surface area (TPSA) is 149 Å². The van der Waals surface area contributed by atoms with Crippen LogP contribution in [0.1, 0.15) is 107 Å². The van der Waals surface area contributed by atoms with Crippen LogP contribution in [0.3, 0.4) is 0 Å². The number of aliphatic hydroxyl groups excluding tert-OH is 1. The molecule has 11 nitrogen and oxygen atoms in total. The molecule has 3 rings (SSSR count). The minimum absolute atomic E-state index is 0.0117. The highest BCUT2D eigenvalue weighted by molar-refractivity contribution is 7.09. The number of nitrogens with zero attached hydrogens (tertiary/aromatic N) is 3. The molecule has 0 radical (unpaired) electrons. The number of carboxylic acids is 1. The third-order valence-electron chi connectivity index (χ3n) is 10.4. The average molecular weight is 729 g/mol. The summed E-state index contributed by atoms with van der Waals surface area (Å²) in [4.78, 5) is 61.5. The highest BCUT2D eigenvalue weighted by atomic mass is 32.1. The van der Waals surface area contributed by atoms with Gasteiger partial charge in [0.15, 0.2) is 5.78 Å².